The minimum absolute atomic E-state index is 0.308. The molecule has 0 aliphatic rings. The second kappa shape index (κ2) is 9.46. The molecule has 0 saturated carbocycles. The van der Waals surface area contributed by atoms with E-state index in [0.29, 0.717) is 39.5 Å². The van der Waals surface area contributed by atoms with Crippen LogP contribution in [0, 0.1) is 6.92 Å². The van der Waals surface area contributed by atoms with E-state index in [9.17, 15) is 18.0 Å². The van der Waals surface area contributed by atoms with Gasteiger partial charge >= 0.3 is 6.18 Å². The molecule has 1 aromatic heterocycles. The number of nitrogens with one attached hydrogen (secondary N) is 2. The summed E-state index contributed by atoms with van der Waals surface area (Å²) >= 11 is 0. The van der Waals surface area contributed by atoms with Crippen molar-refractivity contribution >= 4 is 22.6 Å². The van der Waals surface area contributed by atoms with Crippen molar-refractivity contribution in [3.63, 3.8) is 0 Å². The van der Waals surface area contributed by atoms with Crippen molar-refractivity contribution < 1.29 is 22.7 Å². The molecule has 5 aromatic rings. The minimum atomic E-state index is -4.39. The number of ether oxygens (including phenoxy) is 1. The van der Waals surface area contributed by atoms with E-state index < -0.39 is 11.7 Å². The maximum atomic E-state index is 13.1. The highest BCUT2D eigenvalue weighted by Gasteiger charge is 2.30. The van der Waals surface area contributed by atoms with Gasteiger partial charge in [-0.2, -0.15) is 13.2 Å². The fraction of sp³-hybridized carbons (Fsp3) is 0.103. The van der Waals surface area contributed by atoms with E-state index in [4.69, 9.17) is 4.74 Å². The Morgan fingerprint density at radius 3 is 2.32 bits per heavy atom. The molecule has 1 amide bonds. The van der Waals surface area contributed by atoms with Crippen molar-refractivity contribution in [3.8, 4) is 28.3 Å². The number of halogens is 3. The second-order valence-corrected chi connectivity index (χ2v) is 8.58. The molecule has 0 radical (unpaired) electrons. The fourth-order valence-electron chi connectivity index (χ4n) is 4.20. The highest BCUT2D eigenvalue weighted by atomic mass is 19.4. The SMILES string of the molecule is COc1ccc(NC(=O)c2ccc(-c3ccc(C(F)(F)F)cc3)cc2C)cc1-c1nc2ccccc2[nH]1. The first-order valence-electron chi connectivity index (χ1n) is 11.5. The molecule has 1 heterocycles. The highest BCUT2D eigenvalue weighted by molar-refractivity contribution is 6.06. The number of imidazole rings is 1. The summed E-state index contributed by atoms with van der Waals surface area (Å²) in [7, 11) is 1.57. The zero-order valence-corrected chi connectivity index (χ0v) is 20.0. The first-order valence-corrected chi connectivity index (χ1v) is 11.5. The fourth-order valence-corrected chi connectivity index (χ4v) is 4.20. The molecule has 37 heavy (non-hydrogen) atoms. The van der Waals surface area contributed by atoms with Crippen LogP contribution in [0.1, 0.15) is 21.5 Å². The topological polar surface area (TPSA) is 67.0 Å². The molecule has 2 N–H and O–H groups in total. The molecule has 0 fully saturated rings. The Balaban J connectivity index is 1.39. The lowest BCUT2D eigenvalue weighted by atomic mass is 9.98. The number of nitrogens with zero attached hydrogens (tertiary/aromatic N) is 1. The zero-order valence-electron chi connectivity index (χ0n) is 20.0. The summed E-state index contributed by atoms with van der Waals surface area (Å²) < 4.78 is 44.1. The monoisotopic (exact) mass is 501 g/mol. The van der Waals surface area contributed by atoms with Gasteiger partial charge in [0.1, 0.15) is 11.6 Å². The Labute approximate surface area is 210 Å². The van der Waals surface area contributed by atoms with Crippen molar-refractivity contribution in [2.75, 3.05) is 12.4 Å². The number of hydrogen-bond donors (Lipinski definition) is 2. The molecule has 8 heteroatoms. The highest BCUT2D eigenvalue weighted by Crippen LogP contribution is 2.33. The van der Waals surface area contributed by atoms with Gasteiger partial charge in [-0.05, 0) is 72.1 Å². The van der Waals surface area contributed by atoms with Gasteiger partial charge in [-0.25, -0.2) is 4.98 Å². The molecule has 0 saturated heterocycles. The summed E-state index contributed by atoms with van der Waals surface area (Å²) in [5, 5.41) is 2.92. The average molecular weight is 502 g/mol. The minimum Gasteiger partial charge on any atom is -0.496 e. The van der Waals surface area contributed by atoms with Crippen LogP contribution in [0.15, 0.2) is 84.9 Å². The third kappa shape index (κ3) is 4.91. The van der Waals surface area contributed by atoms with Crippen LogP contribution in [0.2, 0.25) is 0 Å². The maximum Gasteiger partial charge on any atom is 0.416 e. The van der Waals surface area contributed by atoms with Gasteiger partial charge in [0.05, 0.1) is 29.3 Å². The molecule has 5 rings (SSSR count). The molecule has 0 unspecified atom stereocenters. The standard InChI is InChI=1S/C29H22F3N3O2/c1-17-15-19(18-7-10-20(11-8-18)29(30,31)32)9-13-22(17)28(36)33-21-12-14-26(37-2)23(16-21)27-34-24-5-3-4-6-25(24)35-27/h3-16H,1-2H3,(H,33,36)(H,34,35). The predicted molar refractivity (Wildman–Crippen MR) is 138 cm³/mol. The molecule has 0 aliphatic carbocycles. The van der Waals surface area contributed by atoms with Crippen molar-refractivity contribution in [3.05, 3.63) is 102 Å². The van der Waals surface area contributed by atoms with E-state index in [1.807, 2.05) is 24.3 Å². The number of benzene rings is 4. The number of anilines is 1. The number of H-pyrrole nitrogens is 1. The Morgan fingerprint density at radius 2 is 1.65 bits per heavy atom. The van der Waals surface area contributed by atoms with E-state index in [2.05, 4.69) is 15.3 Å². The van der Waals surface area contributed by atoms with Crippen molar-refractivity contribution in [1.29, 1.82) is 0 Å². The summed E-state index contributed by atoms with van der Waals surface area (Å²) in [6.07, 6.45) is -4.39. The van der Waals surface area contributed by atoms with Crippen LogP contribution < -0.4 is 10.1 Å². The number of hydrogen-bond acceptors (Lipinski definition) is 3. The van der Waals surface area contributed by atoms with Gasteiger partial charge in [0, 0.05) is 11.3 Å². The van der Waals surface area contributed by atoms with E-state index in [1.165, 1.54) is 12.1 Å². The summed E-state index contributed by atoms with van der Waals surface area (Å²) in [5.74, 6) is 0.914. The number of aromatic nitrogens is 2. The Bertz CT molecular complexity index is 1570. The molecule has 0 atom stereocenters. The molecule has 5 nitrogen and oxygen atoms in total. The van der Waals surface area contributed by atoms with Gasteiger partial charge in [0.15, 0.2) is 0 Å². The second-order valence-electron chi connectivity index (χ2n) is 8.58. The quantitative estimate of drug-likeness (QED) is 0.262. The molecule has 0 spiro atoms. The number of rotatable bonds is 5. The van der Waals surface area contributed by atoms with Crippen molar-refractivity contribution in [2.24, 2.45) is 0 Å². The Morgan fingerprint density at radius 1 is 0.919 bits per heavy atom. The van der Waals surface area contributed by atoms with Gasteiger partial charge in [-0.1, -0.05) is 36.4 Å². The van der Waals surface area contributed by atoms with Crippen LogP contribution in [0.5, 0.6) is 5.75 Å². The normalized spacial score (nSPS) is 11.5. The van der Waals surface area contributed by atoms with Gasteiger partial charge in [-0.15, -0.1) is 0 Å². The largest absolute Gasteiger partial charge is 0.496 e. The number of amides is 1. The molecular formula is C29H22F3N3O2. The number of aromatic amines is 1. The number of methoxy groups -OCH3 is 1. The van der Waals surface area contributed by atoms with Crippen LogP contribution in [-0.4, -0.2) is 23.0 Å². The number of carbonyl (C=O) groups excluding carboxylic acids is 1. The van der Waals surface area contributed by atoms with Crippen LogP contribution in [0.3, 0.4) is 0 Å². The summed E-state index contributed by atoms with van der Waals surface area (Å²) in [6.45, 7) is 1.79. The number of aryl methyl sites for hydroxylation is 1. The molecule has 0 bridgehead atoms. The van der Waals surface area contributed by atoms with E-state index in [1.54, 1.807) is 50.4 Å². The molecule has 0 aliphatic heterocycles. The predicted octanol–water partition coefficient (Wildman–Crippen LogP) is 7.49. The number of carbonyl (C=O) groups is 1. The Kier molecular flexibility index (Phi) is 6.17. The van der Waals surface area contributed by atoms with E-state index >= 15 is 0 Å². The molecular weight excluding hydrogens is 479 g/mol. The Hall–Kier alpha value is -4.59. The summed E-state index contributed by atoms with van der Waals surface area (Å²) in [6, 6.07) is 23.1. The molecule has 186 valence electrons. The van der Waals surface area contributed by atoms with Crippen LogP contribution in [-0.2, 0) is 6.18 Å². The molecule has 4 aromatic carbocycles. The van der Waals surface area contributed by atoms with Gasteiger partial charge < -0.3 is 15.0 Å². The maximum absolute atomic E-state index is 13.1. The van der Waals surface area contributed by atoms with Crippen molar-refractivity contribution in [2.45, 2.75) is 13.1 Å². The zero-order chi connectivity index (χ0) is 26.2. The van der Waals surface area contributed by atoms with Gasteiger partial charge in [-0.3, -0.25) is 4.79 Å². The lowest BCUT2D eigenvalue weighted by Crippen LogP contribution is -2.13. The lowest BCUT2D eigenvalue weighted by molar-refractivity contribution is -0.137. The van der Waals surface area contributed by atoms with Gasteiger partial charge in [0.2, 0.25) is 0 Å². The lowest BCUT2D eigenvalue weighted by Gasteiger charge is -2.13. The van der Waals surface area contributed by atoms with E-state index in [0.717, 1.165) is 28.7 Å². The smallest absolute Gasteiger partial charge is 0.416 e. The summed E-state index contributed by atoms with van der Waals surface area (Å²) in [5.41, 5.74) is 4.77. The van der Waals surface area contributed by atoms with Crippen LogP contribution in [0.25, 0.3) is 33.5 Å². The number of alkyl halides is 3. The first-order chi connectivity index (χ1) is 17.7. The van der Waals surface area contributed by atoms with Crippen molar-refractivity contribution in [1.82, 2.24) is 9.97 Å². The number of fused-ring (bicyclic) bond motifs is 1. The summed E-state index contributed by atoms with van der Waals surface area (Å²) in [4.78, 5) is 21.0. The van der Waals surface area contributed by atoms with Crippen LogP contribution >= 0.6 is 0 Å². The third-order valence-corrected chi connectivity index (χ3v) is 6.12. The van der Waals surface area contributed by atoms with Crippen LogP contribution in [0.4, 0.5) is 18.9 Å². The number of para-hydroxylation sites is 2. The average Bonchev–Trinajstić information content (AvgIpc) is 3.32. The third-order valence-electron chi connectivity index (χ3n) is 6.12. The first kappa shape index (κ1) is 24.1. The van der Waals surface area contributed by atoms with Gasteiger partial charge in [0.25, 0.3) is 5.91 Å². The van der Waals surface area contributed by atoms with E-state index in [-0.39, 0.29) is 5.91 Å².